The van der Waals surface area contributed by atoms with Crippen LogP contribution >= 0.6 is 11.6 Å². The first-order valence-corrected chi connectivity index (χ1v) is 7.73. The monoisotopic (exact) mass is 347 g/mol. The zero-order valence-corrected chi connectivity index (χ0v) is 14.2. The molecule has 24 heavy (non-hydrogen) atoms. The molecule has 0 spiro atoms. The van der Waals surface area contributed by atoms with Crippen molar-refractivity contribution in [3.8, 4) is 5.75 Å². The zero-order chi connectivity index (χ0) is 17.5. The average Bonchev–Trinajstić information content (AvgIpc) is 2.54. The predicted octanol–water partition coefficient (Wildman–Crippen LogP) is 3.52. The van der Waals surface area contributed by atoms with Crippen molar-refractivity contribution in [1.82, 2.24) is 0 Å². The highest BCUT2D eigenvalue weighted by atomic mass is 35.5. The maximum absolute atomic E-state index is 11.8. The second-order valence-electron chi connectivity index (χ2n) is 5.22. The number of carbonyl (C=O) groups excluding carboxylic acids is 2. The van der Waals surface area contributed by atoms with Gasteiger partial charge in [-0.25, -0.2) is 4.79 Å². The first kappa shape index (κ1) is 17.8. The number of halogens is 1. The first-order chi connectivity index (χ1) is 11.5. The number of rotatable bonds is 6. The fraction of sp³-hybridized carbons (Fsp3) is 0.222. The Morgan fingerprint density at radius 2 is 1.79 bits per heavy atom. The molecule has 0 atom stereocenters. The number of ether oxygens (including phenoxy) is 2. The minimum Gasteiger partial charge on any atom is -0.482 e. The Balaban J connectivity index is 1.76. The van der Waals surface area contributed by atoms with Crippen molar-refractivity contribution in [3.05, 3.63) is 58.6 Å². The molecule has 0 radical (unpaired) electrons. The minimum atomic E-state index is -0.621. The van der Waals surface area contributed by atoms with E-state index >= 15 is 0 Å². The highest BCUT2D eigenvalue weighted by molar-refractivity contribution is 6.30. The fourth-order valence-electron chi connectivity index (χ4n) is 2.00. The summed E-state index contributed by atoms with van der Waals surface area (Å²) in [6.45, 7) is 3.06. The molecule has 6 heteroatoms. The highest BCUT2D eigenvalue weighted by Crippen LogP contribution is 2.21. The molecule has 0 unspecified atom stereocenters. The molecule has 0 fully saturated rings. The van der Waals surface area contributed by atoms with Gasteiger partial charge in [-0.05, 0) is 49.2 Å². The lowest BCUT2D eigenvalue weighted by Gasteiger charge is -2.10. The van der Waals surface area contributed by atoms with E-state index in [1.54, 1.807) is 24.3 Å². The molecule has 0 bridgehead atoms. The van der Waals surface area contributed by atoms with E-state index in [1.165, 1.54) is 0 Å². The van der Waals surface area contributed by atoms with Crippen LogP contribution in [0.15, 0.2) is 42.5 Å². The van der Waals surface area contributed by atoms with Gasteiger partial charge in [-0.1, -0.05) is 29.8 Å². The van der Waals surface area contributed by atoms with Crippen LogP contribution in [0.2, 0.25) is 5.02 Å². The summed E-state index contributed by atoms with van der Waals surface area (Å²) in [5.41, 5.74) is 2.43. The Kier molecular flexibility index (Phi) is 6.21. The summed E-state index contributed by atoms with van der Waals surface area (Å²) in [4.78, 5) is 23.5. The Hall–Kier alpha value is -2.53. The maximum atomic E-state index is 11.8. The Labute approximate surface area is 145 Å². The van der Waals surface area contributed by atoms with E-state index < -0.39 is 11.9 Å². The number of hydrogen-bond donors (Lipinski definition) is 1. The summed E-state index contributed by atoms with van der Waals surface area (Å²) in [6, 6.07) is 12.4. The van der Waals surface area contributed by atoms with Gasteiger partial charge in [0.2, 0.25) is 0 Å². The summed E-state index contributed by atoms with van der Waals surface area (Å²) in [5.74, 6) is -0.481. The zero-order valence-electron chi connectivity index (χ0n) is 13.5. The molecule has 0 aliphatic rings. The normalized spacial score (nSPS) is 10.1. The van der Waals surface area contributed by atoms with Crippen LogP contribution in [0.3, 0.4) is 0 Å². The van der Waals surface area contributed by atoms with Gasteiger partial charge in [0, 0.05) is 10.7 Å². The van der Waals surface area contributed by atoms with Crippen molar-refractivity contribution in [2.45, 2.75) is 13.8 Å². The second-order valence-corrected chi connectivity index (χ2v) is 5.66. The average molecular weight is 348 g/mol. The van der Waals surface area contributed by atoms with Crippen molar-refractivity contribution in [3.63, 3.8) is 0 Å². The number of nitrogens with one attached hydrogen (secondary N) is 1. The quantitative estimate of drug-likeness (QED) is 0.812. The van der Waals surface area contributed by atoms with Crippen LogP contribution in [-0.4, -0.2) is 25.1 Å². The van der Waals surface area contributed by atoms with Gasteiger partial charge in [0.15, 0.2) is 13.2 Å². The Bertz CT molecular complexity index is 746. The van der Waals surface area contributed by atoms with E-state index in [0.717, 1.165) is 11.1 Å². The summed E-state index contributed by atoms with van der Waals surface area (Å²) in [6.07, 6.45) is 0. The van der Waals surface area contributed by atoms with Gasteiger partial charge in [-0.2, -0.15) is 0 Å². The molecule has 2 aromatic carbocycles. The lowest BCUT2D eigenvalue weighted by atomic mass is 10.2. The molecular weight excluding hydrogens is 330 g/mol. The number of para-hydroxylation sites is 1. The van der Waals surface area contributed by atoms with E-state index in [1.807, 2.05) is 32.0 Å². The van der Waals surface area contributed by atoms with Crippen LogP contribution in [0.1, 0.15) is 11.1 Å². The van der Waals surface area contributed by atoms with Crippen LogP contribution < -0.4 is 10.1 Å². The van der Waals surface area contributed by atoms with Gasteiger partial charge in [-0.15, -0.1) is 0 Å². The molecule has 0 aromatic heterocycles. The fourth-order valence-corrected chi connectivity index (χ4v) is 2.23. The maximum Gasteiger partial charge on any atom is 0.344 e. The summed E-state index contributed by atoms with van der Waals surface area (Å²) in [7, 11) is 0. The first-order valence-electron chi connectivity index (χ1n) is 7.36. The van der Waals surface area contributed by atoms with Gasteiger partial charge in [0.05, 0.1) is 0 Å². The standard InChI is InChI=1S/C18H18ClNO4/c1-12-5-3-4-6-15(12)20-17(21)10-24-18(22)11-23-16-8-7-14(19)9-13(16)2/h3-9H,10-11H2,1-2H3,(H,20,21). The van der Waals surface area contributed by atoms with Crippen LogP contribution in [0, 0.1) is 13.8 Å². The SMILES string of the molecule is Cc1ccccc1NC(=O)COC(=O)COc1ccc(Cl)cc1C. The third-order valence-corrected chi connectivity index (χ3v) is 3.50. The number of benzene rings is 2. The number of esters is 1. The summed E-state index contributed by atoms with van der Waals surface area (Å²) in [5, 5.41) is 3.28. The van der Waals surface area contributed by atoms with Gasteiger partial charge < -0.3 is 14.8 Å². The Morgan fingerprint density at radius 3 is 2.50 bits per heavy atom. The predicted molar refractivity (Wildman–Crippen MR) is 92.5 cm³/mol. The van der Waals surface area contributed by atoms with E-state index in [9.17, 15) is 9.59 Å². The lowest BCUT2D eigenvalue weighted by Crippen LogP contribution is -2.24. The molecule has 1 amide bonds. The molecular formula is C18H18ClNO4. The topological polar surface area (TPSA) is 64.6 Å². The minimum absolute atomic E-state index is 0.278. The number of hydrogen-bond acceptors (Lipinski definition) is 4. The van der Waals surface area contributed by atoms with Crippen LogP contribution in [-0.2, 0) is 14.3 Å². The molecule has 0 saturated heterocycles. The number of carbonyl (C=O) groups is 2. The number of amides is 1. The van der Waals surface area contributed by atoms with E-state index in [0.29, 0.717) is 16.5 Å². The molecule has 0 aliphatic heterocycles. The molecule has 5 nitrogen and oxygen atoms in total. The van der Waals surface area contributed by atoms with Gasteiger partial charge in [0.1, 0.15) is 5.75 Å². The molecule has 0 saturated carbocycles. The highest BCUT2D eigenvalue weighted by Gasteiger charge is 2.10. The third kappa shape index (κ3) is 5.28. The smallest absolute Gasteiger partial charge is 0.344 e. The largest absolute Gasteiger partial charge is 0.482 e. The van der Waals surface area contributed by atoms with Gasteiger partial charge in [0.25, 0.3) is 5.91 Å². The van der Waals surface area contributed by atoms with Crippen LogP contribution in [0.4, 0.5) is 5.69 Å². The van der Waals surface area contributed by atoms with E-state index in [2.05, 4.69) is 5.32 Å². The Morgan fingerprint density at radius 1 is 1.04 bits per heavy atom. The van der Waals surface area contributed by atoms with Crippen LogP contribution in [0.25, 0.3) is 0 Å². The van der Waals surface area contributed by atoms with Crippen molar-refractivity contribution in [2.24, 2.45) is 0 Å². The second kappa shape index (κ2) is 8.36. The number of aryl methyl sites for hydroxylation is 2. The lowest BCUT2D eigenvalue weighted by molar-refractivity contribution is -0.149. The van der Waals surface area contributed by atoms with Crippen LogP contribution in [0.5, 0.6) is 5.75 Å². The molecule has 2 rings (SSSR count). The van der Waals surface area contributed by atoms with Gasteiger partial charge >= 0.3 is 5.97 Å². The molecule has 0 heterocycles. The van der Waals surface area contributed by atoms with E-state index in [-0.39, 0.29) is 13.2 Å². The third-order valence-electron chi connectivity index (χ3n) is 3.27. The molecule has 126 valence electrons. The summed E-state index contributed by atoms with van der Waals surface area (Å²) < 4.78 is 10.3. The number of anilines is 1. The van der Waals surface area contributed by atoms with Crippen molar-refractivity contribution >= 4 is 29.2 Å². The van der Waals surface area contributed by atoms with Gasteiger partial charge in [-0.3, -0.25) is 4.79 Å². The molecule has 2 aromatic rings. The van der Waals surface area contributed by atoms with E-state index in [4.69, 9.17) is 21.1 Å². The molecule has 1 N–H and O–H groups in total. The van der Waals surface area contributed by atoms with Crippen molar-refractivity contribution < 1.29 is 19.1 Å². The van der Waals surface area contributed by atoms with Crippen molar-refractivity contribution in [2.75, 3.05) is 18.5 Å². The van der Waals surface area contributed by atoms with Crippen molar-refractivity contribution in [1.29, 1.82) is 0 Å². The summed E-state index contributed by atoms with van der Waals surface area (Å²) >= 11 is 5.85. The molecule has 0 aliphatic carbocycles.